The Morgan fingerprint density at radius 1 is 0.703 bits per heavy atom. The predicted molar refractivity (Wildman–Crippen MR) is 123 cm³/mol. The Morgan fingerprint density at radius 3 is 1.84 bits per heavy atom. The van der Waals surface area contributed by atoms with Crippen molar-refractivity contribution in [3.05, 3.63) is 41.0 Å². The molecule has 2 aromatic rings. The van der Waals surface area contributed by atoms with E-state index in [1.165, 1.54) is 40.7 Å². The van der Waals surface area contributed by atoms with Gasteiger partial charge in [0.15, 0.2) is 23.0 Å². The summed E-state index contributed by atoms with van der Waals surface area (Å²) in [7, 11) is 0. The summed E-state index contributed by atoms with van der Waals surface area (Å²) in [6.45, 7) is 6.05. The van der Waals surface area contributed by atoms with E-state index in [1.807, 2.05) is 0 Å². The third kappa shape index (κ3) is 5.25. The third-order valence-electron chi connectivity index (χ3n) is 5.74. The van der Waals surface area contributed by atoms with Crippen molar-refractivity contribution < 1.29 is 52.4 Å². The molecule has 2 aromatic carbocycles. The molecule has 37 heavy (non-hydrogen) atoms. The molecule has 3 unspecified atom stereocenters. The first-order chi connectivity index (χ1) is 17.4. The molecule has 194 valence electrons. The van der Waals surface area contributed by atoms with Crippen LogP contribution in [0.1, 0.15) is 57.2 Å². The van der Waals surface area contributed by atoms with Gasteiger partial charge in [-0.1, -0.05) is 6.07 Å². The molecule has 11 nitrogen and oxygen atoms in total. The predicted octanol–water partition coefficient (Wildman–Crippen LogP) is 2.97. The van der Waals surface area contributed by atoms with Crippen molar-refractivity contribution >= 4 is 29.8 Å². The number of hydrogen-bond donors (Lipinski definition) is 0. The van der Waals surface area contributed by atoms with Crippen LogP contribution in [0.3, 0.4) is 0 Å². The Hall–Kier alpha value is -4.41. The first-order valence-electron chi connectivity index (χ1n) is 11.4. The van der Waals surface area contributed by atoms with Crippen LogP contribution < -0.4 is 23.7 Å². The molecule has 1 heterocycles. The molecular weight excluding hydrogens is 488 g/mol. The van der Waals surface area contributed by atoms with Crippen LogP contribution in [-0.2, 0) is 35.1 Å². The second-order valence-electron chi connectivity index (χ2n) is 8.62. The minimum absolute atomic E-state index is 0.0379. The lowest BCUT2D eigenvalue weighted by Crippen LogP contribution is -2.38. The van der Waals surface area contributed by atoms with Gasteiger partial charge in [-0.3, -0.25) is 24.0 Å². The van der Waals surface area contributed by atoms with Crippen LogP contribution in [0.25, 0.3) is 0 Å². The first-order valence-corrected chi connectivity index (χ1v) is 11.4. The Morgan fingerprint density at radius 2 is 1.27 bits per heavy atom. The van der Waals surface area contributed by atoms with Crippen molar-refractivity contribution in [2.75, 3.05) is 0 Å². The summed E-state index contributed by atoms with van der Waals surface area (Å²) in [4.78, 5) is 58.9. The van der Waals surface area contributed by atoms with Gasteiger partial charge >= 0.3 is 29.8 Å². The van der Waals surface area contributed by atoms with E-state index in [2.05, 4.69) is 0 Å². The summed E-state index contributed by atoms with van der Waals surface area (Å²) in [5.41, 5.74) is 2.01. The van der Waals surface area contributed by atoms with E-state index in [0.29, 0.717) is 17.5 Å². The topological polar surface area (TPSA) is 141 Å². The summed E-state index contributed by atoms with van der Waals surface area (Å²) in [5.74, 6) is -4.06. The number of carbonyl (C=O) groups is 5. The quantitative estimate of drug-likeness (QED) is 0.431. The molecule has 0 bridgehead atoms. The number of rotatable bonds is 5. The van der Waals surface area contributed by atoms with Crippen LogP contribution in [0.4, 0.5) is 0 Å². The highest BCUT2D eigenvalue weighted by molar-refractivity contribution is 5.77. The summed E-state index contributed by atoms with van der Waals surface area (Å²) in [6, 6.07) is 6.31. The van der Waals surface area contributed by atoms with Gasteiger partial charge in [-0.2, -0.15) is 0 Å². The van der Waals surface area contributed by atoms with E-state index in [1.54, 1.807) is 18.2 Å². The minimum Gasteiger partial charge on any atom is -0.450 e. The zero-order valence-electron chi connectivity index (χ0n) is 20.7. The summed E-state index contributed by atoms with van der Waals surface area (Å²) < 4.78 is 32.7. The van der Waals surface area contributed by atoms with Crippen LogP contribution in [0, 0.1) is 5.92 Å². The number of carbonyl (C=O) groups excluding carboxylic acids is 5. The highest BCUT2D eigenvalue weighted by atomic mass is 16.7. The standard InChI is InChI=1S/C26H24O11/c1-11(27)32-20-7-6-17-23-18-10-22(34-13(3)29)21(33-12(2)28)9-16(18)8-19(23)26(36-15(5)31)37-24(17)25(20)35-14(4)30/h6-7,9-10,19,23,26H,8H2,1-5H3. The largest absolute Gasteiger partial charge is 0.450 e. The van der Waals surface area contributed by atoms with E-state index in [9.17, 15) is 24.0 Å². The lowest BCUT2D eigenvalue weighted by atomic mass is 9.82. The van der Waals surface area contributed by atoms with Crippen molar-refractivity contribution in [3.63, 3.8) is 0 Å². The van der Waals surface area contributed by atoms with Gasteiger partial charge in [-0.25, -0.2) is 0 Å². The number of benzene rings is 2. The average molecular weight is 512 g/mol. The Kier molecular flexibility index (Phi) is 6.88. The van der Waals surface area contributed by atoms with Gasteiger partial charge in [0.2, 0.25) is 12.0 Å². The maximum Gasteiger partial charge on any atom is 0.308 e. The lowest BCUT2D eigenvalue weighted by Gasteiger charge is -2.36. The first kappa shape index (κ1) is 25.7. The van der Waals surface area contributed by atoms with E-state index in [4.69, 9.17) is 28.4 Å². The molecule has 0 aromatic heterocycles. The fourth-order valence-corrected chi connectivity index (χ4v) is 4.69. The Bertz CT molecular complexity index is 1330. The van der Waals surface area contributed by atoms with Crippen molar-refractivity contribution in [3.8, 4) is 28.7 Å². The van der Waals surface area contributed by atoms with Crippen molar-refractivity contribution in [1.82, 2.24) is 0 Å². The maximum absolute atomic E-state index is 11.9. The summed E-state index contributed by atoms with van der Waals surface area (Å²) in [5, 5.41) is 0. The minimum atomic E-state index is -1.10. The zero-order valence-corrected chi connectivity index (χ0v) is 20.7. The van der Waals surface area contributed by atoms with E-state index in [0.717, 1.165) is 5.56 Å². The normalized spacial score (nSPS) is 18.8. The van der Waals surface area contributed by atoms with Gasteiger partial charge in [0, 0.05) is 52.0 Å². The molecule has 1 aliphatic carbocycles. The van der Waals surface area contributed by atoms with Crippen molar-refractivity contribution in [1.29, 1.82) is 0 Å². The van der Waals surface area contributed by atoms with Gasteiger partial charge in [0.05, 0.1) is 0 Å². The van der Waals surface area contributed by atoms with Gasteiger partial charge in [0.25, 0.3) is 0 Å². The SMILES string of the molecule is CC(=O)Oc1cc2c(cc1OC(C)=O)C1c3ccc(OC(C)=O)c(OC(C)=O)c3OC(OC(C)=O)C1C2. The van der Waals surface area contributed by atoms with Crippen LogP contribution in [0.5, 0.6) is 28.7 Å². The number of hydrogen-bond acceptors (Lipinski definition) is 11. The molecule has 0 radical (unpaired) electrons. The van der Waals surface area contributed by atoms with Crippen LogP contribution in [-0.4, -0.2) is 36.1 Å². The number of fused-ring (bicyclic) bond motifs is 5. The second-order valence-corrected chi connectivity index (χ2v) is 8.62. The monoisotopic (exact) mass is 512 g/mol. The van der Waals surface area contributed by atoms with Gasteiger partial charge < -0.3 is 28.4 Å². The molecule has 0 saturated heterocycles. The molecule has 0 spiro atoms. The van der Waals surface area contributed by atoms with Gasteiger partial charge in [-0.05, 0) is 35.7 Å². The average Bonchev–Trinajstić information content (AvgIpc) is 3.13. The van der Waals surface area contributed by atoms with Gasteiger partial charge in [0.1, 0.15) is 0 Å². The molecule has 0 saturated carbocycles. The van der Waals surface area contributed by atoms with E-state index in [-0.39, 0.29) is 28.7 Å². The smallest absolute Gasteiger partial charge is 0.308 e. The molecule has 0 amide bonds. The van der Waals surface area contributed by atoms with E-state index < -0.39 is 48.0 Å². The molecule has 1 aliphatic heterocycles. The van der Waals surface area contributed by atoms with Crippen LogP contribution >= 0.6 is 0 Å². The fraction of sp³-hybridized carbons (Fsp3) is 0.346. The van der Waals surface area contributed by atoms with E-state index >= 15 is 0 Å². The highest BCUT2D eigenvalue weighted by Crippen LogP contribution is 2.56. The maximum atomic E-state index is 11.9. The number of ether oxygens (including phenoxy) is 6. The van der Waals surface area contributed by atoms with Crippen LogP contribution in [0.15, 0.2) is 24.3 Å². The number of esters is 5. The highest BCUT2D eigenvalue weighted by Gasteiger charge is 2.48. The molecular formula is C26H24O11. The second kappa shape index (κ2) is 9.92. The molecule has 2 aliphatic rings. The third-order valence-corrected chi connectivity index (χ3v) is 5.74. The summed E-state index contributed by atoms with van der Waals surface area (Å²) in [6.07, 6.45) is -0.737. The van der Waals surface area contributed by atoms with Crippen molar-refractivity contribution in [2.24, 2.45) is 5.92 Å². The summed E-state index contributed by atoms with van der Waals surface area (Å²) >= 11 is 0. The lowest BCUT2D eigenvalue weighted by molar-refractivity contribution is -0.172. The van der Waals surface area contributed by atoms with Gasteiger partial charge in [-0.15, -0.1) is 0 Å². The molecule has 3 atom stereocenters. The van der Waals surface area contributed by atoms with Crippen LogP contribution in [0.2, 0.25) is 0 Å². The Labute approximate surface area is 211 Å². The molecule has 11 heteroatoms. The fourth-order valence-electron chi connectivity index (χ4n) is 4.69. The Balaban J connectivity index is 1.92. The molecule has 0 N–H and O–H groups in total. The molecule has 4 rings (SSSR count). The molecule has 0 fully saturated rings. The van der Waals surface area contributed by atoms with Crippen molar-refractivity contribution in [2.45, 2.75) is 53.2 Å². The zero-order chi connectivity index (χ0) is 27.0.